The first-order valence-corrected chi connectivity index (χ1v) is 7.69. The predicted molar refractivity (Wildman–Crippen MR) is 91.7 cm³/mol. The number of aryl methyl sites for hydroxylation is 2. The molecule has 3 rings (SSSR count). The Kier molecular flexibility index (Phi) is 4.44. The fourth-order valence-corrected chi connectivity index (χ4v) is 2.44. The molecule has 6 heteroatoms. The number of nitrogens with zero attached hydrogens (tertiary/aromatic N) is 3. The van der Waals surface area contributed by atoms with Gasteiger partial charge in [-0.25, -0.2) is 9.67 Å². The number of benzene rings is 2. The van der Waals surface area contributed by atoms with E-state index in [4.69, 9.17) is 0 Å². The van der Waals surface area contributed by atoms with Crippen LogP contribution in [0.4, 0.5) is 19.0 Å². The van der Waals surface area contributed by atoms with Gasteiger partial charge >= 0.3 is 6.18 Å². The van der Waals surface area contributed by atoms with Gasteiger partial charge in [0.15, 0.2) is 11.5 Å². The summed E-state index contributed by atoms with van der Waals surface area (Å²) in [5, 5.41) is 4.27. The molecule has 0 aliphatic carbocycles. The number of hydrogen-bond donors (Lipinski definition) is 0. The van der Waals surface area contributed by atoms with Crippen molar-refractivity contribution in [1.82, 2.24) is 9.78 Å². The van der Waals surface area contributed by atoms with E-state index in [-0.39, 0.29) is 11.4 Å². The van der Waals surface area contributed by atoms with Crippen molar-refractivity contribution in [3.05, 3.63) is 77.5 Å². The van der Waals surface area contributed by atoms with Crippen molar-refractivity contribution in [2.75, 3.05) is 0 Å². The molecule has 0 saturated heterocycles. The van der Waals surface area contributed by atoms with Gasteiger partial charge in [0.25, 0.3) is 0 Å². The Morgan fingerprint density at radius 3 is 2.20 bits per heavy atom. The van der Waals surface area contributed by atoms with Crippen LogP contribution in [0, 0.1) is 13.8 Å². The van der Waals surface area contributed by atoms with Crippen LogP contribution in [0.2, 0.25) is 0 Å². The first kappa shape index (κ1) is 17.0. The van der Waals surface area contributed by atoms with E-state index in [0.717, 1.165) is 5.56 Å². The van der Waals surface area contributed by atoms with E-state index >= 15 is 0 Å². The smallest absolute Gasteiger partial charge is 0.223 e. The van der Waals surface area contributed by atoms with E-state index in [1.54, 1.807) is 43.3 Å². The lowest BCUT2D eigenvalue weighted by molar-refractivity contribution is -0.0580. The summed E-state index contributed by atoms with van der Waals surface area (Å²) < 4.78 is 42.1. The zero-order valence-electron chi connectivity index (χ0n) is 13.7. The minimum atomic E-state index is -4.57. The Morgan fingerprint density at radius 2 is 1.60 bits per heavy atom. The van der Waals surface area contributed by atoms with E-state index in [1.807, 2.05) is 13.0 Å². The standard InChI is InChI=1S/C19H16F3N3/c1-13-8-10-15(11-9-13)18(19(20,21)22)23-17-12-14(2)24-25(17)16-6-4-3-5-7-16/h3-12H,1-2H3. The Balaban J connectivity index is 2.15. The number of halogens is 3. The predicted octanol–water partition coefficient (Wildman–Crippen LogP) is 5.17. The Morgan fingerprint density at radius 1 is 0.960 bits per heavy atom. The van der Waals surface area contributed by atoms with Gasteiger partial charge < -0.3 is 0 Å². The van der Waals surface area contributed by atoms with E-state index in [2.05, 4.69) is 10.1 Å². The molecule has 0 spiro atoms. The molecule has 0 atom stereocenters. The summed E-state index contributed by atoms with van der Waals surface area (Å²) >= 11 is 0. The third-order valence-electron chi connectivity index (χ3n) is 3.63. The molecule has 3 aromatic rings. The van der Waals surface area contributed by atoms with Crippen molar-refractivity contribution in [2.24, 2.45) is 4.99 Å². The van der Waals surface area contributed by atoms with Gasteiger partial charge in [-0.2, -0.15) is 18.3 Å². The van der Waals surface area contributed by atoms with E-state index < -0.39 is 11.9 Å². The van der Waals surface area contributed by atoms with Gasteiger partial charge in [-0.15, -0.1) is 0 Å². The number of para-hydroxylation sites is 1. The Bertz CT molecular complexity index is 892. The van der Waals surface area contributed by atoms with Gasteiger partial charge in [0.2, 0.25) is 0 Å². The molecular formula is C19H16F3N3. The summed E-state index contributed by atoms with van der Waals surface area (Å²) in [5.41, 5.74) is 1.21. The molecular weight excluding hydrogens is 327 g/mol. The topological polar surface area (TPSA) is 30.2 Å². The lowest BCUT2D eigenvalue weighted by Gasteiger charge is -2.12. The summed E-state index contributed by atoms with van der Waals surface area (Å²) in [5.74, 6) is 0.136. The average Bonchev–Trinajstić information content (AvgIpc) is 2.94. The van der Waals surface area contributed by atoms with Crippen LogP contribution < -0.4 is 0 Å². The molecule has 3 nitrogen and oxygen atoms in total. The van der Waals surface area contributed by atoms with Crippen molar-refractivity contribution < 1.29 is 13.2 Å². The van der Waals surface area contributed by atoms with Crippen LogP contribution in [-0.2, 0) is 0 Å². The van der Waals surface area contributed by atoms with Crippen LogP contribution >= 0.6 is 0 Å². The first-order chi connectivity index (χ1) is 11.8. The second-order valence-electron chi connectivity index (χ2n) is 5.72. The highest BCUT2D eigenvalue weighted by Gasteiger charge is 2.37. The number of aromatic nitrogens is 2. The van der Waals surface area contributed by atoms with Gasteiger partial charge in [-0.1, -0.05) is 48.0 Å². The molecule has 0 bridgehead atoms. The maximum Gasteiger partial charge on any atom is 0.434 e. The van der Waals surface area contributed by atoms with E-state index in [9.17, 15) is 13.2 Å². The van der Waals surface area contributed by atoms with Gasteiger partial charge in [-0.3, -0.25) is 0 Å². The molecule has 0 N–H and O–H groups in total. The van der Waals surface area contributed by atoms with Crippen LogP contribution in [0.5, 0.6) is 0 Å². The number of hydrogen-bond acceptors (Lipinski definition) is 2. The second-order valence-corrected chi connectivity index (χ2v) is 5.72. The Labute approximate surface area is 143 Å². The van der Waals surface area contributed by atoms with Gasteiger partial charge in [0, 0.05) is 11.6 Å². The lowest BCUT2D eigenvalue weighted by Crippen LogP contribution is -2.24. The molecule has 1 aromatic heterocycles. The molecule has 25 heavy (non-hydrogen) atoms. The minimum absolute atomic E-state index is 0.0246. The zero-order valence-corrected chi connectivity index (χ0v) is 13.7. The highest BCUT2D eigenvalue weighted by molar-refractivity contribution is 6.05. The maximum absolute atomic E-state index is 13.6. The molecule has 0 saturated carbocycles. The third-order valence-corrected chi connectivity index (χ3v) is 3.63. The van der Waals surface area contributed by atoms with E-state index in [1.165, 1.54) is 22.9 Å². The third kappa shape index (κ3) is 3.79. The highest BCUT2D eigenvalue weighted by Crippen LogP contribution is 2.28. The minimum Gasteiger partial charge on any atom is -0.223 e. The molecule has 0 fully saturated rings. The lowest BCUT2D eigenvalue weighted by atomic mass is 10.1. The van der Waals surface area contributed by atoms with Gasteiger partial charge in [0.05, 0.1) is 11.4 Å². The first-order valence-electron chi connectivity index (χ1n) is 7.69. The molecule has 128 valence electrons. The SMILES string of the molecule is Cc1ccc(C(=Nc2cc(C)nn2-c2ccccc2)C(F)(F)F)cc1. The van der Waals surface area contributed by atoms with Crippen LogP contribution in [-0.4, -0.2) is 21.7 Å². The summed E-state index contributed by atoms with van der Waals surface area (Å²) in [6, 6.07) is 16.6. The van der Waals surface area contributed by atoms with Crippen molar-refractivity contribution in [3.63, 3.8) is 0 Å². The summed E-state index contributed by atoms with van der Waals surface area (Å²) in [7, 11) is 0. The van der Waals surface area contributed by atoms with Crippen LogP contribution in [0.3, 0.4) is 0 Å². The van der Waals surface area contributed by atoms with Crippen molar-refractivity contribution in [1.29, 1.82) is 0 Å². The Hall–Kier alpha value is -2.89. The molecule has 0 unspecified atom stereocenters. The summed E-state index contributed by atoms with van der Waals surface area (Å²) in [6.07, 6.45) is -4.57. The van der Waals surface area contributed by atoms with Crippen molar-refractivity contribution in [3.8, 4) is 5.69 Å². The summed E-state index contributed by atoms with van der Waals surface area (Å²) in [4.78, 5) is 3.92. The summed E-state index contributed by atoms with van der Waals surface area (Å²) in [6.45, 7) is 3.54. The van der Waals surface area contributed by atoms with Gasteiger partial charge in [-0.05, 0) is 26.0 Å². The van der Waals surface area contributed by atoms with Crippen molar-refractivity contribution in [2.45, 2.75) is 20.0 Å². The molecule has 0 amide bonds. The molecule has 0 aliphatic heterocycles. The molecule has 0 aliphatic rings. The normalized spacial score (nSPS) is 12.4. The van der Waals surface area contributed by atoms with Crippen LogP contribution in [0.15, 0.2) is 65.7 Å². The number of rotatable bonds is 3. The quantitative estimate of drug-likeness (QED) is 0.603. The molecule has 0 radical (unpaired) electrons. The highest BCUT2D eigenvalue weighted by atomic mass is 19.4. The molecule has 1 heterocycles. The van der Waals surface area contributed by atoms with Gasteiger partial charge in [0.1, 0.15) is 0 Å². The van der Waals surface area contributed by atoms with Crippen molar-refractivity contribution >= 4 is 11.5 Å². The largest absolute Gasteiger partial charge is 0.434 e. The molecule has 2 aromatic carbocycles. The fraction of sp³-hybridized carbons (Fsp3) is 0.158. The number of aliphatic imine (C=N–C) groups is 1. The fourth-order valence-electron chi connectivity index (χ4n) is 2.44. The van der Waals surface area contributed by atoms with Crippen LogP contribution in [0.1, 0.15) is 16.8 Å². The zero-order chi connectivity index (χ0) is 18.0. The maximum atomic E-state index is 13.6. The monoisotopic (exact) mass is 343 g/mol. The number of alkyl halides is 3. The second kappa shape index (κ2) is 6.55. The average molecular weight is 343 g/mol. The van der Waals surface area contributed by atoms with E-state index in [0.29, 0.717) is 11.4 Å². The van der Waals surface area contributed by atoms with Crippen LogP contribution in [0.25, 0.3) is 5.69 Å².